The maximum atomic E-state index is 10.5. The second-order valence-corrected chi connectivity index (χ2v) is 8.05. The van der Waals surface area contributed by atoms with Gasteiger partial charge in [-0.25, -0.2) is 0 Å². The van der Waals surface area contributed by atoms with Gasteiger partial charge >= 0.3 is 0 Å². The minimum atomic E-state index is -0.579. The highest BCUT2D eigenvalue weighted by molar-refractivity contribution is 7.09. The van der Waals surface area contributed by atoms with Crippen LogP contribution in [0, 0.1) is 0 Å². The monoisotopic (exact) mass is 385 g/mol. The summed E-state index contributed by atoms with van der Waals surface area (Å²) in [6, 6.07) is 16.1. The van der Waals surface area contributed by atoms with E-state index < -0.39 is 6.10 Å². The number of benzene rings is 1. The number of thiophene rings is 1. The maximum absolute atomic E-state index is 10.5. The lowest BCUT2D eigenvalue weighted by Crippen LogP contribution is -2.34. The molecule has 0 aliphatic carbocycles. The van der Waals surface area contributed by atoms with E-state index in [1.807, 2.05) is 30.3 Å². The number of hydrogen-bond acceptors (Lipinski definition) is 5. The highest BCUT2D eigenvalue weighted by Crippen LogP contribution is 2.19. The molecule has 3 aromatic rings. The van der Waals surface area contributed by atoms with E-state index in [-0.39, 0.29) is 6.61 Å². The standard InChI is InChI=1S/C22H27NO3S/c1-17(2)18-7-9-20(10-8-18)26-16-19(24)13-23(14-21-5-3-11-25-21)15-22-6-4-12-27-22/h3-12,17,19,24H,13-16H2,1-2H3. The Balaban J connectivity index is 1.54. The average Bonchev–Trinajstić information content (AvgIpc) is 3.34. The molecule has 2 aromatic heterocycles. The van der Waals surface area contributed by atoms with Crippen molar-refractivity contribution in [1.82, 2.24) is 4.90 Å². The van der Waals surface area contributed by atoms with Gasteiger partial charge in [-0.1, -0.05) is 32.0 Å². The summed E-state index contributed by atoms with van der Waals surface area (Å²) in [5.41, 5.74) is 1.28. The van der Waals surface area contributed by atoms with Crippen LogP contribution in [0.2, 0.25) is 0 Å². The zero-order valence-electron chi connectivity index (χ0n) is 15.9. The molecule has 3 rings (SSSR count). The molecule has 1 N–H and O–H groups in total. The largest absolute Gasteiger partial charge is 0.491 e. The van der Waals surface area contributed by atoms with Gasteiger partial charge in [-0.15, -0.1) is 11.3 Å². The van der Waals surface area contributed by atoms with E-state index >= 15 is 0 Å². The molecule has 1 unspecified atom stereocenters. The Kier molecular flexibility index (Phi) is 7.10. The first kappa shape index (κ1) is 19.7. The average molecular weight is 386 g/mol. The fourth-order valence-corrected chi connectivity index (χ4v) is 3.67. The summed E-state index contributed by atoms with van der Waals surface area (Å²) in [6.07, 6.45) is 1.10. The topological polar surface area (TPSA) is 45.8 Å². The van der Waals surface area contributed by atoms with Crippen molar-refractivity contribution in [2.45, 2.75) is 39.0 Å². The Hall–Kier alpha value is -2.08. The van der Waals surface area contributed by atoms with Gasteiger partial charge in [-0.3, -0.25) is 4.90 Å². The predicted molar refractivity (Wildman–Crippen MR) is 109 cm³/mol. The molecule has 27 heavy (non-hydrogen) atoms. The van der Waals surface area contributed by atoms with E-state index in [2.05, 4.69) is 42.3 Å². The Morgan fingerprint density at radius 2 is 1.89 bits per heavy atom. The van der Waals surface area contributed by atoms with Gasteiger partial charge in [0.15, 0.2) is 0 Å². The summed E-state index contributed by atoms with van der Waals surface area (Å²) in [7, 11) is 0. The Morgan fingerprint density at radius 3 is 2.52 bits per heavy atom. The number of ether oxygens (including phenoxy) is 1. The molecule has 0 amide bonds. The van der Waals surface area contributed by atoms with Gasteiger partial charge in [0.25, 0.3) is 0 Å². The summed E-state index contributed by atoms with van der Waals surface area (Å²) in [6.45, 7) is 6.55. The molecule has 0 fully saturated rings. The molecule has 4 nitrogen and oxygen atoms in total. The molecular weight excluding hydrogens is 358 g/mol. The van der Waals surface area contributed by atoms with E-state index in [4.69, 9.17) is 9.15 Å². The fraction of sp³-hybridized carbons (Fsp3) is 0.364. The number of hydrogen-bond donors (Lipinski definition) is 1. The number of furan rings is 1. The third-order valence-electron chi connectivity index (χ3n) is 4.38. The Morgan fingerprint density at radius 1 is 1.07 bits per heavy atom. The molecule has 0 spiro atoms. The quantitative estimate of drug-likeness (QED) is 0.539. The molecule has 0 bridgehead atoms. The van der Waals surface area contributed by atoms with E-state index in [1.54, 1.807) is 17.6 Å². The number of rotatable bonds is 10. The van der Waals surface area contributed by atoms with Gasteiger partial charge in [0.05, 0.1) is 12.8 Å². The van der Waals surface area contributed by atoms with Crippen LogP contribution in [0.3, 0.4) is 0 Å². The van der Waals surface area contributed by atoms with Crippen molar-refractivity contribution in [3.05, 3.63) is 76.4 Å². The first-order valence-corrected chi connectivity index (χ1v) is 10.2. The van der Waals surface area contributed by atoms with Crippen LogP contribution in [-0.2, 0) is 13.1 Å². The van der Waals surface area contributed by atoms with Gasteiger partial charge < -0.3 is 14.3 Å². The molecule has 0 saturated carbocycles. The highest BCUT2D eigenvalue weighted by Gasteiger charge is 2.15. The lowest BCUT2D eigenvalue weighted by Gasteiger charge is -2.24. The first-order chi connectivity index (χ1) is 13.1. The van der Waals surface area contributed by atoms with Crippen LogP contribution < -0.4 is 4.74 Å². The SMILES string of the molecule is CC(C)c1ccc(OCC(O)CN(Cc2ccco2)Cc2cccs2)cc1. The molecule has 1 atom stereocenters. The normalized spacial score (nSPS) is 12.6. The lowest BCUT2D eigenvalue weighted by molar-refractivity contribution is 0.0608. The zero-order valence-corrected chi connectivity index (χ0v) is 16.7. The van der Waals surface area contributed by atoms with E-state index in [1.165, 1.54) is 10.4 Å². The van der Waals surface area contributed by atoms with Crippen LogP contribution in [-0.4, -0.2) is 29.3 Å². The predicted octanol–water partition coefficient (Wildman–Crippen LogP) is 4.91. The summed E-state index contributed by atoms with van der Waals surface area (Å²) in [5.74, 6) is 2.18. The van der Waals surface area contributed by atoms with Gasteiger partial charge in [-0.05, 0) is 47.2 Å². The fourth-order valence-electron chi connectivity index (χ4n) is 2.92. The van der Waals surface area contributed by atoms with Crippen LogP contribution in [0.15, 0.2) is 64.6 Å². The van der Waals surface area contributed by atoms with Crippen molar-refractivity contribution < 1.29 is 14.3 Å². The van der Waals surface area contributed by atoms with Crippen LogP contribution in [0.1, 0.15) is 36.0 Å². The third-order valence-corrected chi connectivity index (χ3v) is 5.24. The van der Waals surface area contributed by atoms with Crippen molar-refractivity contribution in [3.8, 4) is 5.75 Å². The molecule has 144 valence electrons. The molecule has 0 aliphatic heterocycles. The van der Waals surface area contributed by atoms with Gasteiger partial charge in [0.2, 0.25) is 0 Å². The highest BCUT2D eigenvalue weighted by atomic mass is 32.1. The number of aliphatic hydroxyl groups excluding tert-OH is 1. The van der Waals surface area contributed by atoms with Crippen molar-refractivity contribution in [1.29, 1.82) is 0 Å². The molecule has 1 aromatic carbocycles. The van der Waals surface area contributed by atoms with E-state index in [0.717, 1.165) is 18.1 Å². The summed E-state index contributed by atoms with van der Waals surface area (Å²) >= 11 is 1.72. The minimum Gasteiger partial charge on any atom is -0.491 e. The van der Waals surface area contributed by atoms with Crippen molar-refractivity contribution in [2.24, 2.45) is 0 Å². The van der Waals surface area contributed by atoms with Crippen LogP contribution in [0.25, 0.3) is 0 Å². The van der Waals surface area contributed by atoms with Crippen LogP contribution in [0.5, 0.6) is 5.75 Å². The van der Waals surface area contributed by atoms with Crippen molar-refractivity contribution in [2.75, 3.05) is 13.2 Å². The Labute approximate surface area is 165 Å². The van der Waals surface area contributed by atoms with Gasteiger partial charge in [-0.2, -0.15) is 0 Å². The molecular formula is C22H27NO3S. The smallest absolute Gasteiger partial charge is 0.119 e. The van der Waals surface area contributed by atoms with Gasteiger partial charge in [0.1, 0.15) is 24.2 Å². The summed E-state index contributed by atoms with van der Waals surface area (Å²) < 4.78 is 11.2. The maximum Gasteiger partial charge on any atom is 0.119 e. The Bertz CT molecular complexity index is 730. The molecule has 2 heterocycles. The number of nitrogens with zero attached hydrogens (tertiary/aromatic N) is 1. The summed E-state index contributed by atoms with van der Waals surface area (Å²) in [5, 5.41) is 12.6. The van der Waals surface area contributed by atoms with Crippen molar-refractivity contribution in [3.63, 3.8) is 0 Å². The van der Waals surface area contributed by atoms with E-state index in [0.29, 0.717) is 19.0 Å². The first-order valence-electron chi connectivity index (χ1n) is 9.28. The van der Waals surface area contributed by atoms with Crippen LogP contribution >= 0.6 is 11.3 Å². The lowest BCUT2D eigenvalue weighted by atomic mass is 10.0. The second-order valence-electron chi connectivity index (χ2n) is 7.02. The van der Waals surface area contributed by atoms with E-state index in [9.17, 15) is 5.11 Å². The summed E-state index contributed by atoms with van der Waals surface area (Å²) in [4.78, 5) is 3.44. The number of aliphatic hydroxyl groups is 1. The minimum absolute atomic E-state index is 0.264. The van der Waals surface area contributed by atoms with Gasteiger partial charge in [0, 0.05) is 18.0 Å². The second kappa shape index (κ2) is 9.74. The molecule has 0 aliphatic rings. The zero-order chi connectivity index (χ0) is 19.1. The molecule has 0 radical (unpaired) electrons. The molecule has 0 saturated heterocycles. The van der Waals surface area contributed by atoms with Crippen LogP contribution in [0.4, 0.5) is 0 Å². The molecule has 5 heteroatoms. The third kappa shape index (κ3) is 6.24. The van der Waals surface area contributed by atoms with Crippen molar-refractivity contribution >= 4 is 11.3 Å².